The Bertz CT molecular complexity index is 2200. The van der Waals surface area contributed by atoms with Crippen molar-refractivity contribution in [3.8, 4) is 16.9 Å². The number of ether oxygens (including phenoxy) is 4. The lowest BCUT2D eigenvalue weighted by molar-refractivity contribution is -0.153. The lowest BCUT2D eigenvalue weighted by Gasteiger charge is -2.17. The molecule has 1 heterocycles. The first-order chi connectivity index (χ1) is 29.0. The van der Waals surface area contributed by atoms with Crippen LogP contribution in [0.15, 0.2) is 85.4 Å². The molecule has 5 rings (SSSR count). The summed E-state index contributed by atoms with van der Waals surface area (Å²) in [5.41, 5.74) is 8.01. The minimum absolute atomic E-state index is 0. The van der Waals surface area contributed by atoms with Gasteiger partial charge in [0.05, 0.1) is 13.7 Å². The summed E-state index contributed by atoms with van der Waals surface area (Å²) < 4.78 is 21.3. The van der Waals surface area contributed by atoms with Crippen LogP contribution in [-0.4, -0.2) is 73.8 Å². The Morgan fingerprint density at radius 1 is 0.918 bits per heavy atom. The van der Waals surface area contributed by atoms with Crippen LogP contribution in [0, 0.1) is 11.3 Å². The van der Waals surface area contributed by atoms with Crippen molar-refractivity contribution in [2.75, 3.05) is 32.4 Å². The lowest BCUT2D eigenvalue weighted by atomic mass is 9.94. The van der Waals surface area contributed by atoms with Crippen molar-refractivity contribution < 1.29 is 42.9 Å². The number of unbranched alkanes of at least 4 members (excludes halogenated alkanes) is 3. The van der Waals surface area contributed by atoms with E-state index in [2.05, 4.69) is 34.4 Å². The maximum atomic E-state index is 14.1. The number of benzene rings is 3. The van der Waals surface area contributed by atoms with Gasteiger partial charge in [0.2, 0.25) is 6.79 Å². The van der Waals surface area contributed by atoms with Crippen molar-refractivity contribution in [1.29, 1.82) is 5.41 Å². The summed E-state index contributed by atoms with van der Waals surface area (Å²) in [5, 5.41) is 16.4. The highest BCUT2D eigenvalue weighted by Gasteiger charge is 2.27. The van der Waals surface area contributed by atoms with Gasteiger partial charge in [-0.25, -0.2) is 14.6 Å². The summed E-state index contributed by atoms with van der Waals surface area (Å²) in [4.78, 5) is 70.3. The van der Waals surface area contributed by atoms with Crippen molar-refractivity contribution >= 4 is 59.9 Å². The molecule has 1 aliphatic rings. The molecule has 4 aromatic rings. The molecule has 1 fully saturated rings. The number of nitrogens with zero attached hydrogens (tertiary/aromatic N) is 1. The molecular formula is C45H51ClN6O9. The molecule has 322 valence electrons. The summed E-state index contributed by atoms with van der Waals surface area (Å²) in [5.74, 6) is -2.44. The summed E-state index contributed by atoms with van der Waals surface area (Å²) >= 11 is 0. The van der Waals surface area contributed by atoms with Crippen LogP contribution in [0.1, 0.15) is 93.5 Å². The standard InChI is InChI=1S/C45H50N6O9.ClH/c1-4-6-7-11-22-58-45(56)51-40(47)31-16-18-32(19-17-31)49-41(52)35-24-30(5-2)38(57-3)25-34(35)33-20-21-37(42(53)48-26-29-14-15-29)50-39(33)44(55)60-27-59-43(54)36(46)23-28-12-9-8-10-13-28;/h5,8-10,12-13,16-21,24-25,29,36H,2,4,6-7,11,14-15,22-23,26-27,46H2,1,3H3,(H,48,53)(H,49,52)(H2,47,51,56);1H/t36-;/m0./s1. The van der Waals surface area contributed by atoms with Crippen LogP contribution in [-0.2, 0) is 25.4 Å². The Labute approximate surface area is 360 Å². The molecule has 3 amide bonds. The maximum Gasteiger partial charge on any atom is 0.412 e. The maximum absolute atomic E-state index is 14.1. The number of nitrogens with two attached hydrogens (primary N) is 1. The van der Waals surface area contributed by atoms with Gasteiger partial charge in [0.1, 0.15) is 23.3 Å². The summed E-state index contributed by atoms with van der Waals surface area (Å²) in [7, 11) is 1.44. The van der Waals surface area contributed by atoms with Crippen LogP contribution >= 0.6 is 12.4 Å². The average molecular weight is 855 g/mol. The monoisotopic (exact) mass is 854 g/mol. The second kappa shape index (κ2) is 23.3. The number of anilines is 1. The number of amides is 3. The molecule has 1 atom stereocenters. The van der Waals surface area contributed by atoms with Crippen LogP contribution in [0.5, 0.6) is 5.75 Å². The Morgan fingerprint density at radius 3 is 2.33 bits per heavy atom. The SMILES string of the molecule is C=Cc1cc(C(=O)Nc2ccc(C(=N)NC(=O)OCCCCCC)cc2)c(-c2ccc(C(=O)NCC3CC3)nc2C(=O)OCOC(=O)[C@@H](N)Cc2ccccc2)cc1OC.Cl. The number of carbonyl (C=O) groups is 5. The Balaban J connectivity index is 0.00000819. The van der Waals surface area contributed by atoms with Crippen LogP contribution in [0.25, 0.3) is 17.2 Å². The zero-order valence-electron chi connectivity index (χ0n) is 34.1. The topological polar surface area (TPSA) is 221 Å². The Kier molecular flexibility index (Phi) is 18.0. The third-order valence-corrected chi connectivity index (χ3v) is 9.58. The number of aromatic nitrogens is 1. The number of rotatable bonds is 20. The van der Waals surface area contributed by atoms with E-state index in [0.717, 1.165) is 44.1 Å². The number of carbonyl (C=O) groups excluding carboxylic acids is 5. The van der Waals surface area contributed by atoms with Crippen molar-refractivity contribution in [2.24, 2.45) is 11.7 Å². The van der Waals surface area contributed by atoms with E-state index in [1.165, 1.54) is 37.5 Å². The minimum atomic E-state index is -1.04. The molecule has 0 aliphatic heterocycles. The number of hydrogen-bond donors (Lipinski definition) is 5. The second-order valence-electron chi connectivity index (χ2n) is 14.1. The van der Waals surface area contributed by atoms with E-state index in [0.29, 0.717) is 35.0 Å². The Morgan fingerprint density at radius 2 is 1.66 bits per heavy atom. The van der Waals surface area contributed by atoms with Crippen molar-refractivity contribution in [3.05, 3.63) is 119 Å². The summed E-state index contributed by atoms with van der Waals surface area (Å²) in [6, 6.07) is 20.3. The van der Waals surface area contributed by atoms with Crippen molar-refractivity contribution in [3.63, 3.8) is 0 Å². The van der Waals surface area contributed by atoms with E-state index >= 15 is 0 Å². The largest absolute Gasteiger partial charge is 0.496 e. The minimum Gasteiger partial charge on any atom is -0.496 e. The second-order valence-corrected chi connectivity index (χ2v) is 14.1. The molecular weight excluding hydrogens is 804 g/mol. The smallest absolute Gasteiger partial charge is 0.412 e. The van der Waals surface area contributed by atoms with Gasteiger partial charge in [0.25, 0.3) is 11.8 Å². The molecule has 6 N–H and O–H groups in total. The van der Waals surface area contributed by atoms with Crippen LogP contribution in [0.4, 0.5) is 10.5 Å². The molecule has 0 bridgehead atoms. The number of halogens is 1. The first-order valence-corrected chi connectivity index (χ1v) is 19.7. The molecule has 1 aliphatic carbocycles. The van der Waals surface area contributed by atoms with E-state index in [9.17, 15) is 24.0 Å². The number of amidine groups is 1. The fourth-order valence-electron chi connectivity index (χ4n) is 6.04. The van der Waals surface area contributed by atoms with Gasteiger partial charge in [0.15, 0.2) is 5.69 Å². The van der Waals surface area contributed by atoms with Gasteiger partial charge in [-0.15, -0.1) is 12.4 Å². The zero-order valence-corrected chi connectivity index (χ0v) is 34.9. The molecule has 0 saturated heterocycles. The van der Waals surface area contributed by atoms with Gasteiger partial charge in [-0.05, 0) is 85.7 Å². The third-order valence-electron chi connectivity index (χ3n) is 9.58. The summed E-state index contributed by atoms with van der Waals surface area (Å²) in [6.07, 6.45) is 6.77. The van der Waals surface area contributed by atoms with Gasteiger partial charge >= 0.3 is 18.0 Å². The predicted molar refractivity (Wildman–Crippen MR) is 233 cm³/mol. The molecule has 0 unspecified atom stereocenters. The predicted octanol–water partition coefficient (Wildman–Crippen LogP) is 7.07. The molecule has 61 heavy (non-hydrogen) atoms. The fourth-order valence-corrected chi connectivity index (χ4v) is 6.04. The number of pyridine rings is 1. The van der Waals surface area contributed by atoms with E-state index in [1.807, 2.05) is 30.3 Å². The van der Waals surface area contributed by atoms with Gasteiger partial charge in [-0.1, -0.05) is 69.2 Å². The van der Waals surface area contributed by atoms with E-state index in [1.54, 1.807) is 24.3 Å². The zero-order chi connectivity index (χ0) is 43.0. The van der Waals surface area contributed by atoms with Crippen molar-refractivity contribution in [1.82, 2.24) is 15.6 Å². The average Bonchev–Trinajstić information content (AvgIpc) is 4.10. The quantitative estimate of drug-likeness (QED) is 0.0199. The van der Waals surface area contributed by atoms with Crippen molar-refractivity contribution in [2.45, 2.75) is 57.9 Å². The lowest BCUT2D eigenvalue weighted by Crippen LogP contribution is -2.35. The van der Waals surface area contributed by atoms with E-state index in [-0.39, 0.29) is 59.3 Å². The molecule has 3 aromatic carbocycles. The number of hydrogen-bond acceptors (Lipinski definition) is 12. The highest BCUT2D eigenvalue weighted by atomic mass is 35.5. The summed E-state index contributed by atoms with van der Waals surface area (Å²) in [6.45, 7) is 5.84. The normalized spacial score (nSPS) is 12.1. The third kappa shape index (κ3) is 13.7. The molecule has 0 radical (unpaired) electrons. The van der Waals surface area contributed by atoms with Crippen LogP contribution in [0.2, 0.25) is 0 Å². The molecule has 1 saturated carbocycles. The first-order valence-electron chi connectivity index (χ1n) is 19.7. The van der Waals surface area contributed by atoms with Gasteiger partial charge in [-0.2, -0.15) is 0 Å². The van der Waals surface area contributed by atoms with E-state index in [4.69, 9.17) is 30.1 Å². The molecule has 0 spiro atoms. The first kappa shape index (κ1) is 47.1. The Hall–Kier alpha value is -6.58. The van der Waals surface area contributed by atoms with Gasteiger partial charge in [0, 0.05) is 40.0 Å². The number of alkyl carbamates (subject to hydrolysis) is 1. The van der Waals surface area contributed by atoms with Crippen LogP contribution < -0.4 is 26.4 Å². The van der Waals surface area contributed by atoms with Crippen LogP contribution in [0.3, 0.4) is 0 Å². The molecule has 15 nitrogen and oxygen atoms in total. The van der Waals surface area contributed by atoms with E-state index < -0.39 is 42.7 Å². The van der Waals surface area contributed by atoms with Gasteiger partial charge < -0.3 is 35.3 Å². The highest BCUT2D eigenvalue weighted by molar-refractivity contribution is 6.11. The number of nitrogens with one attached hydrogen (secondary N) is 4. The number of esters is 2. The molecule has 16 heteroatoms. The highest BCUT2D eigenvalue weighted by Crippen LogP contribution is 2.35. The molecule has 1 aromatic heterocycles. The van der Waals surface area contributed by atoms with Gasteiger partial charge in [-0.3, -0.25) is 25.1 Å². The number of methoxy groups -OCH3 is 1. The fraction of sp³-hybridized carbons (Fsp3) is 0.311.